The first kappa shape index (κ1) is 23.7. The molecular weight excluding hydrogens is 416 g/mol. The largest absolute Gasteiger partial charge is 0.465 e. The van der Waals surface area contributed by atoms with E-state index in [2.05, 4.69) is 6.58 Å². The van der Waals surface area contributed by atoms with E-state index in [0.717, 1.165) is 0 Å². The number of hydrogen-bond acceptors (Lipinski definition) is 8. The van der Waals surface area contributed by atoms with Gasteiger partial charge in [-0.15, -0.1) is 0 Å². The molecule has 0 saturated heterocycles. The Morgan fingerprint density at radius 3 is 2.34 bits per heavy atom. The summed E-state index contributed by atoms with van der Waals surface area (Å²) < 4.78 is 11.0. The second kappa shape index (κ2) is 7.26. The Morgan fingerprint density at radius 2 is 1.75 bits per heavy atom. The van der Waals surface area contributed by atoms with E-state index in [-0.39, 0.29) is 18.9 Å². The van der Waals surface area contributed by atoms with Gasteiger partial charge in [0.2, 0.25) is 0 Å². The number of aliphatic hydroxyl groups is 4. The number of hydrogen-bond donors (Lipinski definition) is 4. The van der Waals surface area contributed by atoms with Crippen LogP contribution in [0.25, 0.3) is 0 Å². The van der Waals surface area contributed by atoms with E-state index in [4.69, 9.17) is 9.47 Å². The number of esters is 2. The highest BCUT2D eigenvalue weighted by atomic mass is 16.5. The molecule has 8 heteroatoms. The van der Waals surface area contributed by atoms with E-state index in [0.29, 0.717) is 31.3 Å². The summed E-state index contributed by atoms with van der Waals surface area (Å²) in [6, 6.07) is 0. The minimum Gasteiger partial charge on any atom is -0.465 e. The molecule has 0 aromatic rings. The van der Waals surface area contributed by atoms with Crippen LogP contribution in [-0.2, 0) is 19.1 Å². The quantitative estimate of drug-likeness (QED) is 0.369. The van der Waals surface area contributed by atoms with Crippen molar-refractivity contribution < 1.29 is 39.5 Å². The second-order valence-corrected chi connectivity index (χ2v) is 11.1. The van der Waals surface area contributed by atoms with Gasteiger partial charge in [0.05, 0.1) is 24.9 Å². The number of carbonyl (C=O) groups is 2. The van der Waals surface area contributed by atoms with Crippen LogP contribution in [-0.4, -0.2) is 69.0 Å². The Kier molecular flexibility index (Phi) is 5.37. The van der Waals surface area contributed by atoms with Gasteiger partial charge in [0.15, 0.2) is 0 Å². The van der Waals surface area contributed by atoms with Gasteiger partial charge in [0.25, 0.3) is 0 Å². The normalized spacial score (nSPS) is 52.1. The molecule has 0 aliphatic heterocycles. The highest BCUT2D eigenvalue weighted by Gasteiger charge is 2.79. The standard InChI is InChI=1S/C24H36O8/c1-12-15-8-16-22(5)17(27)6-7-21(4,11-31-13(2)25)24(22,30)18(28)10-23(16,20(12)29)19(9-15)32-14(3)26/h15-20,27-30H,1,6-11H2,2-5H3/t15-,16+,17-,18-,19+,20-,21-,22-,23+,24+/m1/s1. The van der Waals surface area contributed by atoms with E-state index in [9.17, 15) is 30.0 Å². The van der Waals surface area contributed by atoms with E-state index in [1.807, 2.05) is 0 Å². The number of fused-ring (bicyclic) bond motifs is 3. The number of ether oxygens (including phenoxy) is 2. The summed E-state index contributed by atoms with van der Waals surface area (Å²) in [4.78, 5) is 23.5. The third-order valence-corrected chi connectivity index (χ3v) is 9.71. The molecule has 0 unspecified atom stereocenters. The molecule has 5 aliphatic carbocycles. The highest BCUT2D eigenvalue weighted by molar-refractivity contribution is 5.66. The van der Waals surface area contributed by atoms with Gasteiger partial charge in [0.1, 0.15) is 11.7 Å². The molecule has 5 saturated carbocycles. The monoisotopic (exact) mass is 452 g/mol. The molecule has 32 heavy (non-hydrogen) atoms. The van der Waals surface area contributed by atoms with Gasteiger partial charge >= 0.3 is 11.9 Å². The second-order valence-electron chi connectivity index (χ2n) is 11.1. The van der Waals surface area contributed by atoms with E-state index >= 15 is 0 Å². The van der Waals surface area contributed by atoms with Gasteiger partial charge in [0, 0.05) is 30.1 Å². The molecule has 0 aromatic heterocycles. The lowest BCUT2D eigenvalue weighted by Crippen LogP contribution is -2.82. The zero-order valence-electron chi connectivity index (χ0n) is 19.3. The van der Waals surface area contributed by atoms with Gasteiger partial charge in [-0.3, -0.25) is 9.59 Å². The zero-order valence-corrected chi connectivity index (χ0v) is 19.3. The van der Waals surface area contributed by atoms with Crippen LogP contribution in [0.2, 0.25) is 0 Å². The van der Waals surface area contributed by atoms with Gasteiger partial charge in [-0.2, -0.15) is 0 Å². The van der Waals surface area contributed by atoms with Gasteiger partial charge < -0.3 is 29.9 Å². The SMILES string of the molecule is C=C1[C@H]2C[C@H](OC(C)=O)[C@@]3(C[C@@H](O)[C@]4(O)[C@@](C)(COC(C)=O)CC[C@@H](O)[C@@]4(C)[C@@H]3C2)[C@@H]1O. The van der Waals surface area contributed by atoms with Crippen LogP contribution in [0.4, 0.5) is 0 Å². The Labute approximate surface area is 188 Å². The van der Waals surface area contributed by atoms with Crippen molar-refractivity contribution in [2.45, 2.75) is 89.8 Å². The first-order chi connectivity index (χ1) is 14.8. The molecular formula is C24H36O8. The van der Waals surface area contributed by atoms with Gasteiger partial charge in [-0.05, 0) is 49.5 Å². The third kappa shape index (κ3) is 2.70. The molecule has 0 amide bonds. The van der Waals surface area contributed by atoms with Crippen LogP contribution in [0.15, 0.2) is 12.2 Å². The Balaban J connectivity index is 1.88. The molecule has 4 N–H and O–H groups in total. The van der Waals surface area contributed by atoms with Crippen molar-refractivity contribution in [2.75, 3.05) is 6.61 Å². The highest BCUT2D eigenvalue weighted by Crippen LogP contribution is 2.73. The van der Waals surface area contributed by atoms with E-state index in [1.54, 1.807) is 13.8 Å². The fourth-order valence-corrected chi connectivity index (χ4v) is 8.12. The molecule has 5 aliphatic rings. The molecule has 2 bridgehead atoms. The minimum atomic E-state index is -1.79. The summed E-state index contributed by atoms with van der Waals surface area (Å²) in [5.41, 5.74) is -4.46. The lowest BCUT2D eigenvalue weighted by atomic mass is 9.33. The van der Waals surface area contributed by atoms with Crippen molar-refractivity contribution in [3.05, 3.63) is 12.2 Å². The fourth-order valence-electron chi connectivity index (χ4n) is 8.12. The van der Waals surface area contributed by atoms with Gasteiger partial charge in [-0.1, -0.05) is 20.4 Å². The lowest BCUT2D eigenvalue weighted by Gasteiger charge is -2.74. The average Bonchev–Trinajstić information content (AvgIpc) is 2.71. The zero-order chi connectivity index (χ0) is 23.9. The minimum absolute atomic E-state index is 0.0169. The Hall–Kier alpha value is -1.48. The van der Waals surface area contributed by atoms with Crippen molar-refractivity contribution in [3.8, 4) is 0 Å². The number of aliphatic hydroxyl groups excluding tert-OH is 3. The topological polar surface area (TPSA) is 134 Å². The van der Waals surface area contributed by atoms with Crippen LogP contribution in [0.3, 0.4) is 0 Å². The summed E-state index contributed by atoms with van der Waals surface area (Å²) in [5.74, 6) is -1.54. The first-order valence-electron chi connectivity index (χ1n) is 11.5. The Bertz CT molecular complexity index is 842. The summed E-state index contributed by atoms with van der Waals surface area (Å²) >= 11 is 0. The van der Waals surface area contributed by atoms with Crippen molar-refractivity contribution >= 4 is 11.9 Å². The summed E-state index contributed by atoms with van der Waals surface area (Å²) in [6.45, 7) is 10.1. The van der Waals surface area contributed by atoms with Crippen LogP contribution >= 0.6 is 0 Å². The fraction of sp³-hybridized carbons (Fsp3) is 0.833. The average molecular weight is 453 g/mol. The van der Waals surface area contributed by atoms with Crippen molar-refractivity contribution in [3.63, 3.8) is 0 Å². The van der Waals surface area contributed by atoms with Gasteiger partial charge in [-0.25, -0.2) is 0 Å². The predicted molar refractivity (Wildman–Crippen MR) is 113 cm³/mol. The first-order valence-corrected chi connectivity index (χ1v) is 11.5. The summed E-state index contributed by atoms with van der Waals surface area (Å²) in [5, 5.41) is 46.6. The van der Waals surface area contributed by atoms with Crippen LogP contribution in [0.5, 0.6) is 0 Å². The molecule has 0 aromatic carbocycles. The molecule has 0 heterocycles. The van der Waals surface area contributed by atoms with E-state index < -0.39 is 64.1 Å². The maximum absolute atomic E-state index is 12.3. The van der Waals surface area contributed by atoms with Crippen molar-refractivity contribution in [2.24, 2.45) is 28.1 Å². The van der Waals surface area contributed by atoms with Crippen LogP contribution < -0.4 is 0 Å². The molecule has 1 spiro atoms. The number of rotatable bonds is 3. The van der Waals surface area contributed by atoms with Crippen LogP contribution in [0.1, 0.15) is 59.8 Å². The molecule has 5 fully saturated rings. The summed E-state index contributed by atoms with van der Waals surface area (Å²) in [6.07, 6.45) is -2.28. The molecule has 8 nitrogen and oxygen atoms in total. The number of carbonyl (C=O) groups excluding carboxylic acids is 2. The third-order valence-electron chi connectivity index (χ3n) is 9.71. The molecule has 180 valence electrons. The predicted octanol–water partition coefficient (Wildman–Crippen LogP) is 1.09. The molecule has 10 atom stereocenters. The smallest absolute Gasteiger partial charge is 0.302 e. The molecule has 0 radical (unpaired) electrons. The van der Waals surface area contributed by atoms with Crippen LogP contribution in [0, 0.1) is 28.1 Å². The molecule has 5 rings (SSSR count). The maximum Gasteiger partial charge on any atom is 0.302 e. The summed E-state index contributed by atoms with van der Waals surface area (Å²) in [7, 11) is 0. The Morgan fingerprint density at radius 1 is 1.09 bits per heavy atom. The van der Waals surface area contributed by atoms with E-state index in [1.165, 1.54) is 13.8 Å². The lowest BCUT2D eigenvalue weighted by molar-refractivity contribution is -0.362. The maximum atomic E-state index is 12.3. The van der Waals surface area contributed by atoms with Crippen molar-refractivity contribution in [1.82, 2.24) is 0 Å². The van der Waals surface area contributed by atoms with Crippen molar-refractivity contribution in [1.29, 1.82) is 0 Å².